The van der Waals surface area contributed by atoms with Crippen LogP contribution in [0, 0.1) is 5.82 Å². The van der Waals surface area contributed by atoms with Crippen LogP contribution in [0.15, 0.2) is 58.4 Å². The first-order valence-electron chi connectivity index (χ1n) is 9.82. The summed E-state index contributed by atoms with van der Waals surface area (Å²) in [7, 11) is -3.76. The summed E-state index contributed by atoms with van der Waals surface area (Å²) < 4.78 is 42.5. The molecule has 1 saturated heterocycles. The Morgan fingerprint density at radius 3 is 2.61 bits per heavy atom. The van der Waals surface area contributed by atoms with Crippen molar-refractivity contribution in [2.24, 2.45) is 10.1 Å². The zero-order valence-electron chi connectivity index (χ0n) is 17.5. The van der Waals surface area contributed by atoms with E-state index in [0.717, 1.165) is 11.1 Å². The van der Waals surface area contributed by atoms with Crippen molar-refractivity contribution in [3.63, 3.8) is 0 Å². The van der Waals surface area contributed by atoms with Crippen LogP contribution in [0.5, 0.6) is 0 Å². The van der Waals surface area contributed by atoms with Crippen LogP contribution in [0.3, 0.4) is 0 Å². The minimum Gasteiger partial charge on any atom is -0.367 e. The van der Waals surface area contributed by atoms with Crippen molar-refractivity contribution >= 4 is 40.0 Å². The van der Waals surface area contributed by atoms with Crippen molar-refractivity contribution in [2.75, 3.05) is 19.6 Å². The van der Waals surface area contributed by atoms with E-state index in [-0.39, 0.29) is 46.9 Å². The normalized spacial score (nSPS) is 19.6. The molecule has 10 heteroatoms. The van der Waals surface area contributed by atoms with Gasteiger partial charge in [-0.3, -0.25) is 0 Å². The highest BCUT2D eigenvalue weighted by atomic mass is 127. The molecular formula is C21H28FIN4O3S. The molecule has 2 aromatic rings. The van der Waals surface area contributed by atoms with Gasteiger partial charge in [-0.25, -0.2) is 22.9 Å². The highest BCUT2D eigenvalue weighted by Gasteiger charge is 2.28. The van der Waals surface area contributed by atoms with Gasteiger partial charge in [0.2, 0.25) is 10.0 Å². The van der Waals surface area contributed by atoms with Gasteiger partial charge in [-0.15, -0.1) is 24.0 Å². The molecule has 0 spiro atoms. The SMILES string of the molecule is CCNC(=NCc1cccc(S(N)(=O)=O)c1)N1CC(C)OC(c2ccc(F)cc2)C1.I. The summed E-state index contributed by atoms with van der Waals surface area (Å²) >= 11 is 0. The molecule has 1 fully saturated rings. The van der Waals surface area contributed by atoms with Gasteiger partial charge >= 0.3 is 0 Å². The van der Waals surface area contributed by atoms with Crippen LogP contribution in [0.1, 0.15) is 31.1 Å². The molecule has 0 bridgehead atoms. The maximum atomic E-state index is 13.3. The zero-order chi connectivity index (χ0) is 21.7. The molecule has 2 atom stereocenters. The molecule has 3 rings (SSSR count). The number of hydrogen-bond donors (Lipinski definition) is 2. The van der Waals surface area contributed by atoms with Crippen LogP contribution >= 0.6 is 24.0 Å². The fourth-order valence-electron chi connectivity index (χ4n) is 3.40. The molecule has 2 aromatic carbocycles. The summed E-state index contributed by atoms with van der Waals surface area (Å²) in [4.78, 5) is 6.86. The first-order chi connectivity index (χ1) is 14.3. The number of nitrogens with zero attached hydrogens (tertiary/aromatic N) is 2. The third-order valence-corrected chi connectivity index (χ3v) is 5.69. The molecule has 2 unspecified atom stereocenters. The van der Waals surface area contributed by atoms with Gasteiger partial charge in [0.25, 0.3) is 0 Å². The number of rotatable bonds is 5. The van der Waals surface area contributed by atoms with E-state index in [1.165, 1.54) is 24.3 Å². The Balaban J connectivity index is 0.00000341. The van der Waals surface area contributed by atoms with Gasteiger partial charge in [-0.05, 0) is 49.2 Å². The number of nitrogens with one attached hydrogen (secondary N) is 1. The molecule has 1 aliphatic rings. The zero-order valence-corrected chi connectivity index (χ0v) is 20.6. The maximum absolute atomic E-state index is 13.3. The number of sulfonamides is 1. The number of ether oxygens (including phenoxy) is 1. The molecule has 0 saturated carbocycles. The van der Waals surface area contributed by atoms with Crippen LogP contribution in [0.2, 0.25) is 0 Å². The summed E-state index contributed by atoms with van der Waals surface area (Å²) in [6, 6.07) is 12.8. The van der Waals surface area contributed by atoms with Crippen LogP contribution in [-0.4, -0.2) is 45.0 Å². The van der Waals surface area contributed by atoms with Crippen molar-refractivity contribution in [3.8, 4) is 0 Å². The summed E-state index contributed by atoms with van der Waals surface area (Å²) in [5.74, 6) is 0.428. The van der Waals surface area contributed by atoms with Crippen molar-refractivity contribution in [2.45, 2.75) is 37.5 Å². The highest BCUT2D eigenvalue weighted by Crippen LogP contribution is 2.25. The number of aliphatic imine (C=N–C) groups is 1. The van der Waals surface area contributed by atoms with Gasteiger partial charge in [-0.2, -0.15) is 0 Å². The van der Waals surface area contributed by atoms with E-state index in [1.54, 1.807) is 18.2 Å². The fourth-order valence-corrected chi connectivity index (χ4v) is 3.98. The molecule has 1 aliphatic heterocycles. The van der Waals surface area contributed by atoms with Gasteiger partial charge in [0.05, 0.1) is 24.1 Å². The summed E-state index contributed by atoms with van der Waals surface area (Å²) in [5, 5.41) is 8.51. The quantitative estimate of drug-likeness (QED) is 0.332. The van der Waals surface area contributed by atoms with Crippen LogP contribution < -0.4 is 10.5 Å². The lowest BCUT2D eigenvalue weighted by atomic mass is 10.1. The lowest BCUT2D eigenvalue weighted by molar-refractivity contribution is -0.0605. The minimum absolute atomic E-state index is 0. The van der Waals surface area contributed by atoms with E-state index in [1.807, 2.05) is 19.9 Å². The Morgan fingerprint density at radius 1 is 1.26 bits per heavy atom. The van der Waals surface area contributed by atoms with Crippen LogP contribution in [0.4, 0.5) is 4.39 Å². The largest absolute Gasteiger partial charge is 0.367 e. The first-order valence-corrected chi connectivity index (χ1v) is 11.4. The smallest absolute Gasteiger partial charge is 0.238 e. The standard InChI is InChI=1S/C21H27FN4O3S.HI/c1-3-24-21(25-12-16-5-4-6-19(11-16)30(23,27)28)26-13-15(2)29-20(14-26)17-7-9-18(22)10-8-17;/h4-11,15,20H,3,12-14H2,1-2H3,(H,24,25)(H2,23,27,28);1H. The number of halogens is 2. The van der Waals surface area contributed by atoms with Gasteiger partial charge in [0, 0.05) is 13.1 Å². The monoisotopic (exact) mass is 562 g/mol. The average molecular weight is 562 g/mol. The molecule has 7 nitrogen and oxygen atoms in total. The molecule has 0 radical (unpaired) electrons. The fraction of sp³-hybridized carbons (Fsp3) is 0.381. The first kappa shape index (κ1) is 25.5. The Hall–Kier alpha value is -1.76. The Bertz CT molecular complexity index is 1000. The second-order valence-corrected chi connectivity index (χ2v) is 8.82. The molecule has 0 amide bonds. The van der Waals surface area contributed by atoms with E-state index in [2.05, 4.69) is 15.2 Å². The summed E-state index contributed by atoms with van der Waals surface area (Å²) in [6.07, 6.45) is -0.243. The van der Waals surface area contributed by atoms with E-state index >= 15 is 0 Å². The molecule has 3 N–H and O–H groups in total. The Morgan fingerprint density at radius 2 is 1.97 bits per heavy atom. The van der Waals surface area contributed by atoms with Crippen LogP contribution in [-0.2, 0) is 21.3 Å². The van der Waals surface area contributed by atoms with E-state index < -0.39 is 10.0 Å². The highest BCUT2D eigenvalue weighted by molar-refractivity contribution is 14.0. The third kappa shape index (κ3) is 7.13. The number of benzene rings is 2. The van der Waals surface area contributed by atoms with Crippen LogP contribution in [0.25, 0.3) is 0 Å². The number of primary sulfonamides is 1. The van der Waals surface area contributed by atoms with E-state index in [9.17, 15) is 12.8 Å². The lowest BCUT2D eigenvalue weighted by Gasteiger charge is -2.38. The number of morpholine rings is 1. The summed E-state index contributed by atoms with van der Waals surface area (Å²) in [5.41, 5.74) is 1.65. The molecule has 0 aromatic heterocycles. The molecule has 0 aliphatic carbocycles. The van der Waals surface area contributed by atoms with Crippen molar-refractivity contribution < 1.29 is 17.5 Å². The van der Waals surface area contributed by atoms with E-state index in [0.29, 0.717) is 32.1 Å². The van der Waals surface area contributed by atoms with Gasteiger partial charge < -0.3 is 15.0 Å². The predicted octanol–water partition coefficient (Wildman–Crippen LogP) is 3.02. The molecular weight excluding hydrogens is 534 g/mol. The van der Waals surface area contributed by atoms with E-state index in [4.69, 9.17) is 9.88 Å². The summed E-state index contributed by atoms with van der Waals surface area (Å²) in [6.45, 7) is 6.18. The van der Waals surface area contributed by atoms with Crippen molar-refractivity contribution in [1.29, 1.82) is 0 Å². The Labute approximate surface area is 199 Å². The number of hydrogen-bond acceptors (Lipinski definition) is 4. The topological polar surface area (TPSA) is 97.0 Å². The molecule has 31 heavy (non-hydrogen) atoms. The van der Waals surface area contributed by atoms with Gasteiger partial charge in [0.1, 0.15) is 11.9 Å². The number of guanidine groups is 1. The predicted molar refractivity (Wildman–Crippen MR) is 129 cm³/mol. The molecule has 170 valence electrons. The van der Waals surface area contributed by atoms with Crippen molar-refractivity contribution in [3.05, 3.63) is 65.5 Å². The van der Waals surface area contributed by atoms with Crippen molar-refractivity contribution in [1.82, 2.24) is 10.2 Å². The lowest BCUT2D eigenvalue weighted by Crippen LogP contribution is -2.50. The minimum atomic E-state index is -3.76. The second kappa shape index (κ2) is 11.2. The second-order valence-electron chi connectivity index (χ2n) is 7.25. The van der Waals surface area contributed by atoms with Gasteiger partial charge in [0.15, 0.2) is 5.96 Å². The average Bonchev–Trinajstić information content (AvgIpc) is 2.71. The third-order valence-electron chi connectivity index (χ3n) is 4.77. The maximum Gasteiger partial charge on any atom is 0.238 e. The number of nitrogens with two attached hydrogens (primary N) is 1. The van der Waals surface area contributed by atoms with Gasteiger partial charge in [-0.1, -0.05) is 24.3 Å². The molecule has 1 heterocycles. The Kier molecular flexibility index (Phi) is 9.22.